The molecule has 2 N–H and O–H groups in total. The van der Waals surface area contributed by atoms with Gasteiger partial charge < -0.3 is 0 Å². The van der Waals surface area contributed by atoms with Crippen molar-refractivity contribution in [1.82, 2.24) is 0 Å². The molecule has 0 aliphatic rings. The quantitative estimate of drug-likeness (QED) is 0.778. The van der Waals surface area contributed by atoms with Crippen molar-refractivity contribution in [2.75, 3.05) is 0 Å². The normalized spacial score (nSPS) is 12.2. The van der Waals surface area contributed by atoms with Gasteiger partial charge in [-0.15, -0.1) is 0 Å². The van der Waals surface area contributed by atoms with E-state index in [1.165, 1.54) is 12.1 Å². The number of primary sulfonamides is 1. The minimum Gasteiger partial charge on any atom is -0.225 e. The van der Waals surface area contributed by atoms with E-state index in [1.54, 1.807) is 12.1 Å². The van der Waals surface area contributed by atoms with Gasteiger partial charge in [0, 0.05) is 0 Å². The molecule has 0 aliphatic carbocycles. The summed E-state index contributed by atoms with van der Waals surface area (Å²) in [4.78, 5) is 0.140. The van der Waals surface area contributed by atoms with E-state index in [0.717, 1.165) is 5.56 Å². The van der Waals surface area contributed by atoms with Gasteiger partial charge in [-0.1, -0.05) is 24.3 Å². The van der Waals surface area contributed by atoms with E-state index in [-0.39, 0.29) is 4.90 Å². The van der Waals surface area contributed by atoms with Crippen LogP contribution in [0.5, 0.6) is 0 Å². The number of nitrogens with two attached hydrogens (primary N) is 1. The molecular weight excluding hydrogens is 186 g/mol. The van der Waals surface area contributed by atoms with Gasteiger partial charge in [0.2, 0.25) is 10.0 Å². The Bertz CT molecular complexity index is 404. The average molecular weight is 197 g/mol. The molecule has 0 saturated carbocycles. The third-order valence-electron chi connectivity index (χ3n) is 1.57. The molecule has 0 heterocycles. The SMILES string of the molecule is C/C=C/c1ccc(S(N)(=O)=O)cc1. The molecule has 0 atom stereocenters. The lowest BCUT2D eigenvalue weighted by Crippen LogP contribution is -2.11. The van der Waals surface area contributed by atoms with Crippen LogP contribution in [0.1, 0.15) is 12.5 Å². The molecule has 0 unspecified atom stereocenters. The summed E-state index contributed by atoms with van der Waals surface area (Å²) in [6.07, 6.45) is 3.76. The molecule has 13 heavy (non-hydrogen) atoms. The number of rotatable bonds is 2. The molecule has 0 bridgehead atoms. The summed E-state index contributed by atoms with van der Waals surface area (Å²) in [5, 5.41) is 4.93. The predicted octanol–water partition coefficient (Wildman–Crippen LogP) is 1.37. The lowest BCUT2D eigenvalue weighted by atomic mass is 10.2. The van der Waals surface area contributed by atoms with Crippen LogP contribution in [0.2, 0.25) is 0 Å². The van der Waals surface area contributed by atoms with Crippen LogP contribution < -0.4 is 5.14 Å². The summed E-state index contributed by atoms with van der Waals surface area (Å²) in [7, 11) is -3.56. The fraction of sp³-hybridized carbons (Fsp3) is 0.111. The number of allylic oxidation sites excluding steroid dienone is 1. The van der Waals surface area contributed by atoms with E-state index in [9.17, 15) is 8.42 Å². The minimum absolute atomic E-state index is 0.140. The fourth-order valence-corrected chi connectivity index (χ4v) is 1.48. The predicted molar refractivity (Wildman–Crippen MR) is 52.5 cm³/mol. The monoisotopic (exact) mass is 197 g/mol. The first-order valence-corrected chi connectivity index (χ1v) is 5.34. The van der Waals surface area contributed by atoms with Crippen molar-refractivity contribution in [3.63, 3.8) is 0 Å². The lowest BCUT2D eigenvalue weighted by Gasteiger charge is -1.97. The molecule has 0 aromatic heterocycles. The minimum atomic E-state index is -3.56. The first kappa shape index (κ1) is 9.95. The summed E-state index contributed by atoms with van der Waals surface area (Å²) in [6.45, 7) is 1.90. The zero-order chi connectivity index (χ0) is 9.90. The van der Waals surface area contributed by atoms with E-state index in [1.807, 2.05) is 19.1 Å². The number of benzene rings is 1. The molecule has 0 fully saturated rings. The van der Waals surface area contributed by atoms with Gasteiger partial charge in [0.15, 0.2) is 0 Å². The third kappa shape index (κ3) is 2.68. The summed E-state index contributed by atoms with van der Waals surface area (Å²) in [6, 6.07) is 6.40. The van der Waals surface area contributed by atoms with Crippen molar-refractivity contribution in [2.24, 2.45) is 5.14 Å². The smallest absolute Gasteiger partial charge is 0.225 e. The van der Waals surface area contributed by atoms with E-state index in [4.69, 9.17) is 5.14 Å². The largest absolute Gasteiger partial charge is 0.238 e. The summed E-state index contributed by atoms with van der Waals surface area (Å²) in [5.74, 6) is 0. The van der Waals surface area contributed by atoms with E-state index < -0.39 is 10.0 Å². The van der Waals surface area contributed by atoms with Gasteiger partial charge in [-0.3, -0.25) is 0 Å². The average Bonchev–Trinajstić information content (AvgIpc) is 2.04. The Hall–Kier alpha value is -1.13. The fourth-order valence-electron chi connectivity index (χ4n) is 0.961. The molecule has 1 aromatic carbocycles. The third-order valence-corrected chi connectivity index (χ3v) is 2.50. The summed E-state index contributed by atoms with van der Waals surface area (Å²) >= 11 is 0. The Kier molecular flexibility index (Phi) is 2.85. The molecule has 1 rings (SSSR count). The van der Waals surface area contributed by atoms with Crippen LogP contribution in [0.25, 0.3) is 6.08 Å². The van der Waals surface area contributed by atoms with Crippen molar-refractivity contribution in [3.05, 3.63) is 35.9 Å². The molecule has 0 aliphatic heterocycles. The Balaban J connectivity index is 3.08. The maximum atomic E-state index is 10.9. The Labute approximate surface area is 77.9 Å². The van der Waals surface area contributed by atoms with Crippen molar-refractivity contribution in [3.8, 4) is 0 Å². The first-order valence-electron chi connectivity index (χ1n) is 3.79. The second kappa shape index (κ2) is 3.72. The molecule has 0 saturated heterocycles. The Morgan fingerprint density at radius 1 is 1.23 bits per heavy atom. The zero-order valence-corrected chi connectivity index (χ0v) is 8.08. The highest BCUT2D eigenvalue weighted by molar-refractivity contribution is 7.89. The standard InChI is InChI=1S/C9H11NO2S/c1-2-3-8-4-6-9(7-5-8)13(10,11)12/h2-7H,1H3,(H2,10,11,12)/b3-2+. The van der Waals surface area contributed by atoms with Gasteiger partial charge in [0.25, 0.3) is 0 Å². The van der Waals surface area contributed by atoms with Crippen LogP contribution in [0, 0.1) is 0 Å². The molecule has 0 radical (unpaired) electrons. The van der Waals surface area contributed by atoms with Crippen molar-refractivity contribution in [2.45, 2.75) is 11.8 Å². The molecule has 0 amide bonds. The first-order chi connectivity index (χ1) is 6.04. The molecule has 0 spiro atoms. The van der Waals surface area contributed by atoms with Gasteiger partial charge in [0.1, 0.15) is 0 Å². The second-order valence-electron chi connectivity index (χ2n) is 2.61. The van der Waals surface area contributed by atoms with Crippen LogP contribution in [0.3, 0.4) is 0 Å². The van der Waals surface area contributed by atoms with Crippen molar-refractivity contribution < 1.29 is 8.42 Å². The highest BCUT2D eigenvalue weighted by Crippen LogP contribution is 2.09. The summed E-state index contributed by atoms with van der Waals surface area (Å²) in [5.41, 5.74) is 0.954. The molecule has 1 aromatic rings. The van der Waals surface area contributed by atoms with Crippen LogP contribution >= 0.6 is 0 Å². The highest BCUT2D eigenvalue weighted by atomic mass is 32.2. The number of sulfonamides is 1. The van der Waals surface area contributed by atoms with E-state index >= 15 is 0 Å². The Morgan fingerprint density at radius 3 is 2.15 bits per heavy atom. The van der Waals surface area contributed by atoms with Gasteiger partial charge in [-0.25, -0.2) is 13.6 Å². The zero-order valence-electron chi connectivity index (χ0n) is 7.27. The van der Waals surface area contributed by atoms with Crippen molar-refractivity contribution >= 4 is 16.1 Å². The van der Waals surface area contributed by atoms with Crippen LogP contribution in [-0.4, -0.2) is 8.42 Å². The van der Waals surface area contributed by atoms with E-state index in [2.05, 4.69) is 0 Å². The van der Waals surface area contributed by atoms with Gasteiger partial charge in [0.05, 0.1) is 4.90 Å². The van der Waals surface area contributed by atoms with E-state index in [0.29, 0.717) is 0 Å². The molecule has 70 valence electrons. The van der Waals surface area contributed by atoms with Crippen molar-refractivity contribution in [1.29, 1.82) is 0 Å². The van der Waals surface area contributed by atoms with Gasteiger partial charge in [-0.2, -0.15) is 0 Å². The Morgan fingerprint density at radius 2 is 1.77 bits per heavy atom. The molecule has 4 heteroatoms. The van der Waals surface area contributed by atoms with Gasteiger partial charge >= 0.3 is 0 Å². The lowest BCUT2D eigenvalue weighted by molar-refractivity contribution is 0.598. The van der Waals surface area contributed by atoms with Gasteiger partial charge in [-0.05, 0) is 24.6 Å². The number of hydrogen-bond donors (Lipinski definition) is 1. The second-order valence-corrected chi connectivity index (χ2v) is 4.18. The van der Waals surface area contributed by atoms with Crippen LogP contribution in [0.15, 0.2) is 35.2 Å². The molecular formula is C9H11NO2S. The topological polar surface area (TPSA) is 60.2 Å². The summed E-state index contributed by atoms with van der Waals surface area (Å²) < 4.78 is 21.7. The highest BCUT2D eigenvalue weighted by Gasteiger charge is 2.05. The maximum Gasteiger partial charge on any atom is 0.238 e. The van der Waals surface area contributed by atoms with Crippen LogP contribution in [-0.2, 0) is 10.0 Å². The van der Waals surface area contributed by atoms with Crippen LogP contribution in [0.4, 0.5) is 0 Å². The maximum absolute atomic E-state index is 10.9. The number of hydrogen-bond acceptors (Lipinski definition) is 2. The molecule has 3 nitrogen and oxygen atoms in total.